The molecule has 0 atom stereocenters. The first kappa shape index (κ1) is 8.84. The molecule has 2 heterocycles. The van der Waals surface area contributed by atoms with Crippen molar-refractivity contribution in [3.8, 4) is 0 Å². The molecule has 0 aliphatic carbocycles. The summed E-state index contributed by atoms with van der Waals surface area (Å²) >= 11 is 0. The third kappa shape index (κ3) is 1.58. The number of nitrogens with zero attached hydrogens (tertiary/aromatic N) is 3. The molecule has 0 spiro atoms. The van der Waals surface area contributed by atoms with Crippen LogP contribution in [0.4, 0.5) is 11.6 Å². The highest BCUT2D eigenvalue weighted by Crippen LogP contribution is 2.16. The maximum absolute atomic E-state index is 4.46. The second kappa shape index (κ2) is 3.62. The lowest BCUT2D eigenvalue weighted by atomic mass is 10.2. The Hall–Kier alpha value is -2.43. The smallest absolute Gasteiger partial charge is 0.173 e. The molecule has 0 radical (unpaired) electrons. The van der Waals surface area contributed by atoms with E-state index in [4.69, 9.17) is 0 Å². The van der Waals surface area contributed by atoms with Crippen LogP contribution in [0, 0.1) is 0 Å². The Bertz CT molecular complexity index is 603. The van der Waals surface area contributed by atoms with Crippen LogP contribution in [-0.2, 0) is 0 Å². The molecular weight excluding hydrogens is 202 g/mol. The molecule has 3 aromatic rings. The van der Waals surface area contributed by atoms with Gasteiger partial charge in [-0.2, -0.15) is 10.3 Å². The van der Waals surface area contributed by atoms with Crippen molar-refractivity contribution in [3.63, 3.8) is 0 Å². The van der Waals surface area contributed by atoms with Crippen LogP contribution in [0.25, 0.3) is 10.9 Å². The lowest BCUT2D eigenvalue weighted by Crippen LogP contribution is -1.93. The number of nitrogens with one attached hydrogen (secondary N) is 2. The minimum Gasteiger partial charge on any atom is -0.322 e. The fourth-order valence-electron chi connectivity index (χ4n) is 1.53. The summed E-state index contributed by atoms with van der Waals surface area (Å²) in [6.45, 7) is 0. The van der Waals surface area contributed by atoms with Gasteiger partial charge in [0.2, 0.25) is 0 Å². The highest BCUT2D eigenvalue weighted by Gasteiger charge is 1.99. The largest absolute Gasteiger partial charge is 0.322 e. The molecule has 2 aromatic heterocycles. The first-order valence-electron chi connectivity index (χ1n) is 4.90. The Morgan fingerprint density at radius 2 is 1.94 bits per heavy atom. The van der Waals surface area contributed by atoms with Crippen molar-refractivity contribution in [1.29, 1.82) is 0 Å². The van der Waals surface area contributed by atoms with E-state index >= 15 is 0 Å². The van der Waals surface area contributed by atoms with Crippen molar-refractivity contribution in [2.75, 3.05) is 5.32 Å². The molecule has 0 amide bonds. The van der Waals surface area contributed by atoms with Gasteiger partial charge in [-0.05, 0) is 18.2 Å². The van der Waals surface area contributed by atoms with Crippen molar-refractivity contribution in [2.45, 2.75) is 0 Å². The first-order chi connectivity index (χ1) is 7.92. The third-order valence-electron chi connectivity index (χ3n) is 2.27. The summed E-state index contributed by atoms with van der Waals surface area (Å²) in [4.78, 5) is 4.46. The number of aromatic amines is 1. The minimum absolute atomic E-state index is 0.655. The quantitative estimate of drug-likeness (QED) is 0.681. The summed E-state index contributed by atoms with van der Waals surface area (Å²) in [6, 6.07) is 11.9. The van der Waals surface area contributed by atoms with E-state index in [2.05, 4.69) is 25.7 Å². The van der Waals surface area contributed by atoms with E-state index in [9.17, 15) is 0 Å². The van der Waals surface area contributed by atoms with Gasteiger partial charge in [0.05, 0.1) is 11.7 Å². The average molecular weight is 211 g/mol. The summed E-state index contributed by atoms with van der Waals surface area (Å²) in [5.41, 5.74) is 0.955. The van der Waals surface area contributed by atoms with Gasteiger partial charge >= 0.3 is 0 Å². The van der Waals surface area contributed by atoms with Crippen LogP contribution in [0.2, 0.25) is 0 Å². The van der Waals surface area contributed by atoms with E-state index in [-0.39, 0.29) is 0 Å². The monoisotopic (exact) mass is 211 g/mol. The number of fused-ring (bicyclic) bond motifs is 1. The van der Waals surface area contributed by atoms with Crippen molar-refractivity contribution in [3.05, 3.63) is 42.6 Å². The van der Waals surface area contributed by atoms with E-state index in [1.807, 2.05) is 36.4 Å². The van der Waals surface area contributed by atoms with Gasteiger partial charge in [-0.3, -0.25) is 0 Å². The molecule has 0 fully saturated rings. The summed E-state index contributed by atoms with van der Waals surface area (Å²) in [5, 5.41) is 14.3. The number of H-pyrrole nitrogens is 1. The maximum Gasteiger partial charge on any atom is 0.173 e. The summed E-state index contributed by atoms with van der Waals surface area (Å²) in [5.74, 6) is 1.41. The highest BCUT2D eigenvalue weighted by atomic mass is 15.4. The molecule has 1 aromatic carbocycles. The van der Waals surface area contributed by atoms with Gasteiger partial charge in [-0.25, -0.2) is 4.98 Å². The molecule has 0 saturated carbocycles. The predicted molar refractivity (Wildman–Crippen MR) is 61.4 cm³/mol. The van der Waals surface area contributed by atoms with Gasteiger partial charge in [0.15, 0.2) is 5.82 Å². The van der Waals surface area contributed by atoms with Crippen molar-refractivity contribution in [2.24, 2.45) is 0 Å². The number of hydrogen-bond acceptors (Lipinski definition) is 4. The van der Waals surface area contributed by atoms with Crippen LogP contribution in [0.15, 0.2) is 42.6 Å². The van der Waals surface area contributed by atoms with E-state index in [0.717, 1.165) is 16.7 Å². The van der Waals surface area contributed by atoms with Crippen LogP contribution < -0.4 is 5.32 Å². The second-order valence-corrected chi connectivity index (χ2v) is 3.37. The summed E-state index contributed by atoms with van der Waals surface area (Å²) in [6.07, 6.45) is 1.61. The molecule has 5 heteroatoms. The Balaban J connectivity index is 1.99. The zero-order valence-corrected chi connectivity index (χ0v) is 8.38. The summed E-state index contributed by atoms with van der Waals surface area (Å²) in [7, 11) is 0. The van der Waals surface area contributed by atoms with Crippen LogP contribution in [0.5, 0.6) is 0 Å². The molecule has 78 valence electrons. The number of pyridine rings is 1. The van der Waals surface area contributed by atoms with E-state index in [0.29, 0.717) is 5.82 Å². The highest BCUT2D eigenvalue weighted by molar-refractivity contribution is 5.80. The Kier molecular flexibility index (Phi) is 2.00. The predicted octanol–water partition coefficient (Wildman–Crippen LogP) is 2.10. The Morgan fingerprint density at radius 3 is 2.81 bits per heavy atom. The molecule has 0 saturated heterocycles. The van der Waals surface area contributed by atoms with Crippen molar-refractivity contribution < 1.29 is 0 Å². The van der Waals surface area contributed by atoms with Crippen LogP contribution in [-0.4, -0.2) is 20.4 Å². The standard InChI is InChI=1S/C11H9N5/c1-2-4-9-8(3-1)5-6-10(13-9)14-11-7-12-16-15-11/h1-7H,(H2,12,13,14,15,16). The number of anilines is 2. The van der Waals surface area contributed by atoms with Crippen LogP contribution >= 0.6 is 0 Å². The maximum atomic E-state index is 4.46. The number of rotatable bonds is 2. The lowest BCUT2D eigenvalue weighted by molar-refractivity contribution is 0.941. The SMILES string of the molecule is c1ccc2nc(Nc3cn[nH]n3)ccc2c1. The van der Waals surface area contributed by atoms with Gasteiger partial charge in [0.1, 0.15) is 5.82 Å². The van der Waals surface area contributed by atoms with Crippen LogP contribution in [0.3, 0.4) is 0 Å². The molecular formula is C11H9N5. The number of benzene rings is 1. The zero-order valence-electron chi connectivity index (χ0n) is 8.38. The normalized spacial score (nSPS) is 10.5. The molecule has 5 nitrogen and oxygen atoms in total. The van der Waals surface area contributed by atoms with Crippen molar-refractivity contribution in [1.82, 2.24) is 20.4 Å². The lowest BCUT2D eigenvalue weighted by Gasteiger charge is -2.02. The first-order valence-corrected chi connectivity index (χ1v) is 4.90. The van der Waals surface area contributed by atoms with Gasteiger partial charge < -0.3 is 5.32 Å². The van der Waals surface area contributed by atoms with E-state index < -0.39 is 0 Å². The fraction of sp³-hybridized carbons (Fsp3) is 0. The van der Waals surface area contributed by atoms with E-state index in [1.54, 1.807) is 6.20 Å². The average Bonchev–Trinajstić information content (AvgIpc) is 2.82. The zero-order chi connectivity index (χ0) is 10.8. The second-order valence-electron chi connectivity index (χ2n) is 3.37. The van der Waals surface area contributed by atoms with Gasteiger partial charge in [0, 0.05) is 5.39 Å². The molecule has 0 aliphatic rings. The third-order valence-corrected chi connectivity index (χ3v) is 2.27. The van der Waals surface area contributed by atoms with Crippen LogP contribution in [0.1, 0.15) is 0 Å². The molecule has 2 N–H and O–H groups in total. The molecule has 0 aliphatic heterocycles. The van der Waals surface area contributed by atoms with Crippen molar-refractivity contribution >= 4 is 22.5 Å². The van der Waals surface area contributed by atoms with Gasteiger partial charge in [0.25, 0.3) is 0 Å². The molecule has 16 heavy (non-hydrogen) atoms. The number of aromatic nitrogens is 4. The number of para-hydroxylation sites is 1. The fourth-order valence-corrected chi connectivity index (χ4v) is 1.53. The Morgan fingerprint density at radius 1 is 1.00 bits per heavy atom. The molecule has 0 unspecified atom stereocenters. The molecule has 0 bridgehead atoms. The van der Waals surface area contributed by atoms with E-state index in [1.165, 1.54) is 0 Å². The Labute approximate surface area is 91.5 Å². The minimum atomic E-state index is 0.655. The summed E-state index contributed by atoms with van der Waals surface area (Å²) < 4.78 is 0. The topological polar surface area (TPSA) is 66.5 Å². The van der Waals surface area contributed by atoms with Gasteiger partial charge in [-0.1, -0.05) is 18.2 Å². The molecule has 3 rings (SSSR count). The number of hydrogen-bond donors (Lipinski definition) is 2. The van der Waals surface area contributed by atoms with Gasteiger partial charge in [-0.15, -0.1) is 5.10 Å².